The molecule has 0 aliphatic rings. The van der Waals surface area contributed by atoms with Gasteiger partial charge in [0.05, 0.1) is 5.56 Å². The summed E-state index contributed by atoms with van der Waals surface area (Å²) >= 11 is 0. The van der Waals surface area contributed by atoms with E-state index in [0.29, 0.717) is 11.1 Å². The monoisotopic (exact) mass is 311 g/mol. The van der Waals surface area contributed by atoms with Gasteiger partial charge in [0.15, 0.2) is 0 Å². The summed E-state index contributed by atoms with van der Waals surface area (Å²) < 4.78 is 14.8. The first kappa shape index (κ1) is 14.8. The van der Waals surface area contributed by atoms with E-state index in [2.05, 4.69) is 5.32 Å². The Hall–Kier alpha value is -3.15. The van der Waals surface area contributed by atoms with Crippen molar-refractivity contribution in [2.75, 3.05) is 0 Å². The third-order valence-electron chi connectivity index (χ3n) is 3.53. The highest BCUT2D eigenvalue weighted by molar-refractivity contribution is 5.98. The van der Waals surface area contributed by atoms with E-state index in [-0.39, 0.29) is 0 Å². The van der Waals surface area contributed by atoms with E-state index in [1.54, 1.807) is 16.7 Å². The molecule has 0 saturated heterocycles. The number of carbonyl (C=O) groups is 2. The maximum absolute atomic E-state index is 13.0. The second kappa shape index (κ2) is 5.92. The van der Waals surface area contributed by atoms with Gasteiger partial charge in [0, 0.05) is 17.9 Å². The minimum absolute atomic E-state index is 0.407. The molecule has 23 heavy (non-hydrogen) atoms. The summed E-state index contributed by atoms with van der Waals surface area (Å²) in [5.74, 6) is -1.57. The lowest BCUT2D eigenvalue weighted by atomic mass is 10.1. The summed E-state index contributed by atoms with van der Waals surface area (Å²) in [7, 11) is 0. The van der Waals surface area contributed by atoms with Crippen molar-refractivity contribution >= 4 is 17.3 Å². The highest BCUT2D eigenvalue weighted by Crippen LogP contribution is 2.16. The van der Waals surface area contributed by atoms with Crippen LogP contribution >= 0.6 is 0 Å². The van der Waals surface area contributed by atoms with Gasteiger partial charge in [0.1, 0.15) is 11.9 Å². The molecular weight excluding hydrogens is 297 g/mol. The average molecular weight is 311 g/mol. The predicted octanol–water partition coefficient (Wildman–Crippen LogP) is 2.03. The van der Waals surface area contributed by atoms with Gasteiger partial charge in [0.25, 0.3) is 5.91 Å². The number of amides is 2. The van der Waals surface area contributed by atoms with Gasteiger partial charge in [-0.3, -0.25) is 9.59 Å². The smallest absolute Gasteiger partial charge is 0.253 e. The van der Waals surface area contributed by atoms with Crippen LogP contribution in [0.4, 0.5) is 4.39 Å². The Morgan fingerprint density at radius 3 is 2.52 bits per heavy atom. The Morgan fingerprint density at radius 1 is 1.13 bits per heavy atom. The van der Waals surface area contributed by atoms with Gasteiger partial charge in [-0.05, 0) is 35.9 Å². The standard InChI is InChI=1S/C17H14FN3O2/c18-13-6-4-11(5-7-13)15(16(19)22)20-17(23)12-9-14-3-1-2-8-21(14)10-12/h1-10,15H,(H2,19,22)(H,20,23)/t15-/m1/s1. The van der Waals surface area contributed by atoms with Crippen LogP contribution in [0.3, 0.4) is 0 Å². The van der Waals surface area contributed by atoms with Gasteiger partial charge in [-0.15, -0.1) is 0 Å². The third kappa shape index (κ3) is 3.06. The number of hydrogen-bond donors (Lipinski definition) is 2. The molecule has 2 amide bonds. The number of nitrogens with zero attached hydrogens (tertiary/aromatic N) is 1. The molecule has 0 aliphatic heterocycles. The zero-order valence-corrected chi connectivity index (χ0v) is 12.1. The fraction of sp³-hybridized carbons (Fsp3) is 0.0588. The Kier molecular flexibility index (Phi) is 3.80. The number of hydrogen-bond acceptors (Lipinski definition) is 2. The third-order valence-corrected chi connectivity index (χ3v) is 3.53. The summed E-state index contributed by atoms with van der Waals surface area (Å²) in [6.07, 6.45) is 3.48. The first-order chi connectivity index (χ1) is 11.0. The van der Waals surface area contributed by atoms with Gasteiger partial charge in [-0.2, -0.15) is 0 Å². The van der Waals surface area contributed by atoms with Gasteiger partial charge in [0.2, 0.25) is 5.91 Å². The second-order valence-electron chi connectivity index (χ2n) is 5.12. The summed E-state index contributed by atoms with van der Waals surface area (Å²) in [6, 6.07) is 11.5. The molecule has 0 saturated carbocycles. The average Bonchev–Trinajstić information content (AvgIpc) is 2.97. The number of rotatable bonds is 4. The normalized spacial score (nSPS) is 12.0. The first-order valence-electron chi connectivity index (χ1n) is 6.97. The second-order valence-corrected chi connectivity index (χ2v) is 5.12. The molecule has 116 valence electrons. The number of aromatic nitrogens is 1. The summed E-state index contributed by atoms with van der Waals surface area (Å²) in [6.45, 7) is 0. The van der Waals surface area contributed by atoms with Crippen LogP contribution in [0.5, 0.6) is 0 Å². The molecule has 1 aromatic carbocycles. The van der Waals surface area contributed by atoms with Crippen LogP contribution in [0.25, 0.3) is 5.52 Å². The Labute approximate surface area is 131 Å². The molecule has 0 aliphatic carbocycles. The molecule has 3 N–H and O–H groups in total. The van der Waals surface area contributed by atoms with Crippen molar-refractivity contribution in [2.45, 2.75) is 6.04 Å². The highest BCUT2D eigenvalue weighted by atomic mass is 19.1. The topological polar surface area (TPSA) is 76.6 Å². The molecule has 3 aromatic rings. The van der Waals surface area contributed by atoms with Crippen molar-refractivity contribution < 1.29 is 14.0 Å². The van der Waals surface area contributed by atoms with Crippen molar-refractivity contribution in [1.82, 2.24) is 9.72 Å². The first-order valence-corrected chi connectivity index (χ1v) is 6.97. The van der Waals surface area contributed by atoms with Crippen LogP contribution in [0.15, 0.2) is 60.9 Å². The SMILES string of the molecule is NC(=O)[C@H](NC(=O)c1cc2ccccn2c1)c1ccc(F)cc1. The lowest BCUT2D eigenvalue weighted by Gasteiger charge is -2.15. The summed E-state index contributed by atoms with van der Waals surface area (Å²) in [5, 5.41) is 2.58. The summed E-state index contributed by atoms with van der Waals surface area (Å²) in [4.78, 5) is 24.0. The molecule has 2 aromatic heterocycles. The minimum Gasteiger partial charge on any atom is -0.368 e. The van der Waals surface area contributed by atoms with Crippen molar-refractivity contribution in [2.24, 2.45) is 5.73 Å². The number of fused-ring (bicyclic) bond motifs is 1. The molecule has 0 fully saturated rings. The number of nitrogens with one attached hydrogen (secondary N) is 1. The van der Waals surface area contributed by atoms with E-state index in [9.17, 15) is 14.0 Å². The number of nitrogens with two attached hydrogens (primary N) is 1. The van der Waals surface area contributed by atoms with Crippen LogP contribution in [0.1, 0.15) is 22.0 Å². The molecule has 1 atom stereocenters. The lowest BCUT2D eigenvalue weighted by Crippen LogP contribution is -2.37. The van der Waals surface area contributed by atoms with Crippen molar-refractivity contribution in [3.8, 4) is 0 Å². The van der Waals surface area contributed by atoms with Crippen LogP contribution in [0, 0.1) is 5.82 Å². The number of carbonyl (C=O) groups excluding carboxylic acids is 2. The molecule has 0 unspecified atom stereocenters. The Bertz CT molecular complexity index is 838. The molecule has 3 rings (SSSR count). The van der Waals surface area contributed by atoms with E-state index in [4.69, 9.17) is 5.73 Å². The Morgan fingerprint density at radius 2 is 1.87 bits per heavy atom. The zero-order valence-electron chi connectivity index (χ0n) is 12.1. The Balaban J connectivity index is 1.86. The van der Waals surface area contributed by atoms with Crippen molar-refractivity contribution in [3.63, 3.8) is 0 Å². The summed E-state index contributed by atoms with van der Waals surface area (Å²) in [5.41, 5.74) is 7.05. The van der Waals surface area contributed by atoms with Gasteiger partial charge in [-0.25, -0.2) is 4.39 Å². The van der Waals surface area contributed by atoms with Crippen LogP contribution in [-0.4, -0.2) is 16.2 Å². The zero-order chi connectivity index (χ0) is 16.4. The van der Waals surface area contributed by atoms with E-state index in [0.717, 1.165) is 5.52 Å². The van der Waals surface area contributed by atoms with Crippen LogP contribution in [-0.2, 0) is 4.79 Å². The number of pyridine rings is 1. The van der Waals surface area contributed by atoms with Gasteiger partial charge < -0.3 is 15.5 Å². The fourth-order valence-electron chi connectivity index (χ4n) is 2.37. The number of benzene rings is 1. The molecule has 6 heteroatoms. The maximum atomic E-state index is 13.0. The molecule has 5 nitrogen and oxygen atoms in total. The van der Waals surface area contributed by atoms with Gasteiger partial charge in [-0.1, -0.05) is 18.2 Å². The van der Waals surface area contributed by atoms with Gasteiger partial charge >= 0.3 is 0 Å². The van der Waals surface area contributed by atoms with Crippen LogP contribution in [0.2, 0.25) is 0 Å². The minimum atomic E-state index is -1.02. The highest BCUT2D eigenvalue weighted by Gasteiger charge is 2.21. The molecule has 2 heterocycles. The number of primary amides is 1. The molecule has 0 radical (unpaired) electrons. The van der Waals surface area contributed by atoms with E-state index >= 15 is 0 Å². The van der Waals surface area contributed by atoms with E-state index < -0.39 is 23.7 Å². The van der Waals surface area contributed by atoms with Crippen molar-refractivity contribution in [1.29, 1.82) is 0 Å². The molecule has 0 bridgehead atoms. The molecule has 0 spiro atoms. The number of halogens is 1. The van der Waals surface area contributed by atoms with Crippen LogP contribution < -0.4 is 11.1 Å². The van der Waals surface area contributed by atoms with E-state index in [1.807, 2.05) is 24.4 Å². The predicted molar refractivity (Wildman–Crippen MR) is 83.2 cm³/mol. The van der Waals surface area contributed by atoms with E-state index in [1.165, 1.54) is 24.3 Å². The maximum Gasteiger partial charge on any atom is 0.253 e. The lowest BCUT2D eigenvalue weighted by molar-refractivity contribution is -0.120. The quantitative estimate of drug-likeness (QED) is 0.773. The largest absolute Gasteiger partial charge is 0.368 e. The van der Waals surface area contributed by atoms with Crippen molar-refractivity contribution in [3.05, 3.63) is 77.9 Å². The fourth-order valence-corrected chi connectivity index (χ4v) is 2.37. The molecular formula is C17H14FN3O2.